The zero-order valence-electron chi connectivity index (χ0n) is 11.1. The highest BCUT2D eigenvalue weighted by Gasteiger charge is 2.21. The molecule has 1 atom stereocenters. The van der Waals surface area contributed by atoms with Gasteiger partial charge in [-0.1, -0.05) is 0 Å². The molecule has 2 rings (SSSR count). The second kappa shape index (κ2) is 6.85. The van der Waals surface area contributed by atoms with Gasteiger partial charge in [-0.2, -0.15) is 5.10 Å². The molecule has 1 heterocycles. The lowest BCUT2D eigenvalue weighted by atomic mass is 9.86. The van der Waals surface area contributed by atoms with E-state index in [9.17, 15) is 0 Å². The van der Waals surface area contributed by atoms with E-state index in [-0.39, 0.29) is 0 Å². The lowest BCUT2D eigenvalue weighted by Gasteiger charge is -2.30. The maximum atomic E-state index is 9.11. The van der Waals surface area contributed by atoms with Crippen LogP contribution in [0.25, 0.3) is 0 Å². The minimum atomic E-state index is 0.356. The number of nitrogens with zero attached hydrogens (tertiary/aromatic N) is 3. The molecule has 1 unspecified atom stereocenters. The summed E-state index contributed by atoms with van der Waals surface area (Å²) in [7, 11) is 0. The van der Waals surface area contributed by atoms with E-state index in [4.69, 9.17) is 5.11 Å². The molecule has 0 aromatic carbocycles. The summed E-state index contributed by atoms with van der Waals surface area (Å²) in [6, 6.07) is 1.13. The van der Waals surface area contributed by atoms with Crippen LogP contribution in [-0.2, 0) is 6.54 Å². The normalized spacial score (nSPS) is 26.1. The smallest absolute Gasteiger partial charge is 0.137 e. The molecule has 1 aliphatic carbocycles. The Morgan fingerprint density at radius 3 is 2.78 bits per heavy atom. The number of hydrogen-bond acceptors (Lipinski definition) is 4. The van der Waals surface area contributed by atoms with Crippen LogP contribution in [0.1, 0.15) is 39.0 Å². The van der Waals surface area contributed by atoms with Crippen LogP contribution in [0, 0.1) is 5.92 Å². The molecule has 102 valence electrons. The van der Waals surface area contributed by atoms with E-state index in [1.807, 2.05) is 4.68 Å². The van der Waals surface area contributed by atoms with Crippen LogP contribution in [0.5, 0.6) is 0 Å². The van der Waals surface area contributed by atoms with Gasteiger partial charge in [0, 0.05) is 25.2 Å². The van der Waals surface area contributed by atoms with Crippen LogP contribution in [0.2, 0.25) is 0 Å². The molecular weight excluding hydrogens is 228 g/mol. The Balaban J connectivity index is 1.64. The van der Waals surface area contributed by atoms with E-state index in [1.165, 1.54) is 12.8 Å². The van der Waals surface area contributed by atoms with Gasteiger partial charge in [-0.3, -0.25) is 4.68 Å². The van der Waals surface area contributed by atoms with Crippen LogP contribution in [-0.4, -0.2) is 38.6 Å². The van der Waals surface area contributed by atoms with Gasteiger partial charge in [0.25, 0.3) is 0 Å². The first kappa shape index (κ1) is 13.5. The number of nitrogens with one attached hydrogen (secondary N) is 1. The van der Waals surface area contributed by atoms with Crippen molar-refractivity contribution in [3.8, 4) is 0 Å². The molecule has 0 spiro atoms. The number of aliphatic hydroxyl groups is 1. The summed E-state index contributed by atoms with van der Waals surface area (Å²) in [5.41, 5.74) is 0. The average Bonchev–Trinajstić information content (AvgIpc) is 2.90. The number of aromatic nitrogens is 3. The molecule has 0 bridgehead atoms. The molecule has 0 radical (unpaired) electrons. The first-order valence-electron chi connectivity index (χ1n) is 6.97. The topological polar surface area (TPSA) is 63.0 Å². The highest BCUT2D eigenvalue weighted by atomic mass is 16.3. The van der Waals surface area contributed by atoms with Gasteiger partial charge in [-0.05, 0) is 44.9 Å². The van der Waals surface area contributed by atoms with Crippen molar-refractivity contribution in [2.75, 3.05) is 6.61 Å². The van der Waals surface area contributed by atoms with E-state index < -0.39 is 0 Å². The van der Waals surface area contributed by atoms with Crippen molar-refractivity contribution in [3.63, 3.8) is 0 Å². The van der Waals surface area contributed by atoms with Gasteiger partial charge in [0.15, 0.2) is 0 Å². The van der Waals surface area contributed by atoms with Gasteiger partial charge in [-0.15, -0.1) is 0 Å². The van der Waals surface area contributed by atoms with Crippen LogP contribution >= 0.6 is 0 Å². The summed E-state index contributed by atoms with van der Waals surface area (Å²) in [6.45, 7) is 3.50. The molecule has 5 heteroatoms. The minimum absolute atomic E-state index is 0.356. The third kappa shape index (κ3) is 4.07. The Bertz CT molecular complexity index is 320. The zero-order valence-corrected chi connectivity index (χ0v) is 11.1. The molecule has 18 heavy (non-hydrogen) atoms. The monoisotopic (exact) mass is 252 g/mol. The molecule has 1 aliphatic rings. The van der Waals surface area contributed by atoms with Crippen LogP contribution in [0.4, 0.5) is 0 Å². The quantitative estimate of drug-likeness (QED) is 0.798. The molecular formula is C13H24N4O. The average molecular weight is 252 g/mol. The molecule has 5 nitrogen and oxygen atoms in total. The second-order valence-electron chi connectivity index (χ2n) is 5.42. The Morgan fingerprint density at radius 1 is 1.39 bits per heavy atom. The lowest BCUT2D eigenvalue weighted by Crippen LogP contribution is -2.39. The van der Waals surface area contributed by atoms with E-state index in [0.29, 0.717) is 24.6 Å². The third-order valence-corrected chi connectivity index (χ3v) is 3.88. The molecule has 1 saturated carbocycles. The highest BCUT2D eigenvalue weighted by molar-refractivity contribution is 4.79. The van der Waals surface area contributed by atoms with Crippen LogP contribution in [0.3, 0.4) is 0 Å². The maximum Gasteiger partial charge on any atom is 0.137 e. The maximum absolute atomic E-state index is 9.11. The Labute approximate surface area is 109 Å². The standard InChI is InChI=1S/C13H24N4O/c1-11(6-7-17-10-14-9-15-17)16-13-4-2-12(8-18)3-5-13/h9-13,16,18H,2-8H2,1H3. The summed E-state index contributed by atoms with van der Waals surface area (Å²) in [4.78, 5) is 3.94. The number of aryl methyl sites for hydroxylation is 1. The van der Waals surface area contributed by atoms with Crippen molar-refractivity contribution in [1.29, 1.82) is 0 Å². The van der Waals surface area contributed by atoms with Gasteiger partial charge in [0.1, 0.15) is 12.7 Å². The minimum Gasteiger partial charge on any atom is -0.396 e. The van der Waals surface area contributed by atoms with Gasteiger partial charge >= 0.3 is 0 Å². The van der Waals surface area contributed by atoms with Crippen LogP contribution < -0.4 is 5.32 Å². The van der Waals surface area contributed by atoms with E-state index in [0.717, 1.165) is 25.8 Å². The van der Waals surface area contributed by atoms with Crippen molar-refractivity contribution in [2.45, 2.75) is 57.7 Å². The third-order valence-electron chi connectivity index (χ3n) is 3.88. The SMILES string of the molecule is CC(CCn1cncn1)NC1CCC(CO)CC1. The van der Waals surface area contributed by atoms with E-state index in [2.05, 4.69) is 22.3 Å². The highest BCUT2D eigenvalue weighted by Crippen LogP contribution is 2.24. The second-order valence-corrected chi connectivity index (χ2v) is 5.42. The summed E-state index contributed by atoms with van der Waals surface area (Å²) < 4.78 is 1.88. The summed E-state index contributed by atoms with van der Waals surface area (Å²) >= 11 is 0. The summed E-state index contributed by atoms with van der Waals surface area (Å²) in [5.74, 6) is 0.536. The molecule has 0 saturated heterocycles. The van der Waals surface area contributed by atoms with Gasteiger partial charge in [0.05, 0.1) is 0 Å². The Morgan fingerprint density at radius 2 is 2.17 bits per heavy atom. The molecule has 1 aromatic heterocycles. The summed E-state index contributed by atoms with van der Waals surface area (Å²) in [5, 5.41) is 16.9. The largest absolute Gasteiger partial charge is 0.396 e. The molecule has 0 amide bonds. The van der Waals surface area contributed by atoms with Crippen molar-refractivity contribution in [2.24, 2.45) is 5.92 Å². The van der Waals surface area contributed by atoms with Gasteiger partial charge in [0.2, 0.25) is 0 Å². The number of rotatable bonds is 6. The lowest BCUT2D eigenvalue weighted by molar-refractivity contribution is 0.171. The van der Waals surface area contributed by atoms with Crippen molar-refractivity contribution < 1.29 is 5.11 Å². The Kier molecular flexibility index (Phi) is 5.13. The van der Waals surface area contributed by atoms with Gasteiger partial charge in [-0.25, -0.2) is 4.98 Å². The van der Waals surface area contributed by atoms with Crippen LogP contribution in [0.15, 0.2) is 12.7 Å². The number of hydrogen-bond donors (Lipinski definition) is 2. The molecule has 1 aromatic rings. The predicted octanol–water partition coefficient (Wildman–Crippen LogP) is 1.20. The van der Waals surface area contributed by atoms with Crippen molar-refractivity contribution >= 4 is 0 Å². The molecule has 0 aliphatic heterocycles. The summed E-state index contributed by atoms with van der Waals surface area (Å²) in [6.07, 6.45) is 9.11. The van der Waals surface area contributed by atoms with E-state index in [1.54, 1.807) is 12.7 Å². The Hall–Kier alpha value is -0.940. The fourth-order valence-electron chi connectivity index (χ4n) is 2.67. The zero-order chi connectivity index (χ0) is 12.8. The fourth-order valence-corrected chi connectivity index (χ4v) is 2.67. The van der Waals surface area contributed by atoms with Gasteiger partial charge < -0.3 is 10.4 Å². The van der Waals surface area contributed by atoms with Crippen molar-refractivity contribution in [1.82, 2.24) is 20.1 Å². The first-order valence-corrected chi connectivity index (χ1v) is 6.97. The number of aliphatic hydroxyl groups excluding tert-OH is 1. The molecule has 2 N–H and O–H groups in total. The molecule has 1 fully saturated rings. The van der Waals surface area contributed by atoms with E-state index >= 15 is 0 Å². The van der Waals surface area contributed by atoms with Crippen molar-refractivity contribution in [3.05, 3.63) is 12.7 Å². The first-order chi connectivity index (χ1) is 8.78. The fraction of sp³-hybridized carbons (Fsp3) is 0.846. The predicted molar refractivity (Wildman–Crippen MR) is 70.1 cm³/mol.